The van der Waals surface area contributed by atoms with Crippen LogP contribution in [0.2, 0.25) is 0 Å². The third kappa shape index (κ3) is 7.20. The number of aliphatic hydroxyl groups excluding tert-OH is 1. The van der Waals surface area contributed by atoms with E-state index in [1.807, 2.05) is 20.8 Å². The number of imidazole rings is 1. The zero-order valence-corrected chi connectivity index (χ0v) is 25.8. The molecule has 1 aliphatic rings. The summed E-state index contributed by atoms with van der Waals surface area (Å²) in [6, 6.07) is 7.47. The Hall–Kier alpha value is -3.45. The van der Waals surface area contributed by atoms with Gasteiger partial charge in [0.15, 0.2) is 9.84 Å². The number of aliphatic hydroxyl groups is 1. The van der Waals surface area contributed by atoms with E-state index in [0.29, 0.717) is 43.1 Å². The smallest absolute Gasteiger partial charge is 0.393 e. The molecule has 1 amide bonds. The summed E-state index contributed by atoms with van der Waals surface area (Å²) in [5.41, 5.74) is -0.247. The van der Waals surface area contributed by atoms with Crippen molar-refractivity contribution in [2.45, 2.75) is 83.1 Å². The molecule has 0 atom stereocenters. The van der Waals surface area contributed by atoms with Gasteiger partial charge in [-0.1, -0.05) is 39.8 Å². The Morgan fingerprint density at radius 3 is 2.35 bits per heavy atom. The Morgan fingerprint density at radius 2 is 1.79 bits per heavy atom. The van der Waals surface area contributed by atoms with Crippen molar-refractivity contribution in [1.82, 2.24) is 19.9 Å². The average molecular weight is 622 g/mol. The topological polar surface area (TPSA) is 117 Å². The molecule has 4 rings (SSSR count). The van der Waals surface area contributed by atoms with Crippen LogP contribution < -0.4 is 10.2 Å². The van der Waals surface area contributed by atoms with Crippen LogP contribution >= 0.6 is 0 Å². The SMILES string of the molecule is CCS(=O)(=O)c1ccc(CNC(=O)c2nc(C(C)(C)C)n(Cc3cccc(N4CCC(O)CC4)c3C(F)(F)F)c2C)nc1. The lowest BCUT2D eigenvalue weighted by atomic mass is 9.95. The van der Waals surface area contributed by atoms with Crippen molar-refractivity contribution in [3.8, 4) is 0 Å². The van der Waals surface area contributed by atoms with Crippen LogP contribution in [0.15, 0.2) is 41.4 Å². The highest BCUT2D eigenvalue weighted by molar-refractivity contribution is 7.91. The predicted octanol–water partition coefficient (Wildman–Crippen LogP) is 4.64. The summed E-state index contributed by atoms with van der Waals surface area (Å²) >= 11 is 0. The lowest BCUT2D eigenvalue weighted by molar-refractivity contribution is -0.137. The first-order valence-corrected chi connectivity index (χ1v) is 15.8. The van der Waals surface area contributed by atoms with E-state index in [9.17, 15) is 31.5 Å². The highest BCUT2D eigenvalue weighted by Crippen LogP contribution is 2.41. The van der Waals surface area contributed by atoms with Crippen LogP contribution in [0.25, 0.3) is 0 Å². The highest BCUT2D eigenvalue weighted by Gasteiger charge is 2.39. The maximum Gasteiger partial charge on any atom is 0.418 e. The van der Waals surface area contributed by atoms with E-state index in [2.05, 4.69) is 15.3 Å². The van der Waals surface area contributed by atoms with E-state index in [-0.39, 0.29) is 40.7 Å². The zero-order valence-electron chi connectivity index (χ0n) is 25.0. The van der Waals surface area contributed by atoms with Gasteiger partial charge in [0.2, 0.25) is 0 Å². The van der Waals surface area contributed by atoms with E-state index >= 15 is 0 Å². The van der Waals surface area contributed by atoms with Crippen molar-refractivity contribution in [3.63, 3.8) is 0 Å². The van der Waals surface area contributed by atoms with Gasteiger partial charge in [-0.05, 0) is 43.5 Å². The number of nitrogens with one attached hydrogen (secondary N) is 1. The molecule has 1 aliphatic heterocycles. The molecule has 1 saturated heterocycles. The van der Waals surface area contributed by atoms with Gasteiger partial charge in [0.1, 0.15) is 11.5 Å². The number of sulfone groups is 1. The first-order valence-electron chi connectivity index (χ1n) is 14.2. The summed E-state index contributed by atoms with van der Waals surface area (Å²) in [6.07, 6.45) is -3.11. The Balaban J connectivity index is 1.65. The second kappa shape index (κ2) is 12.3. The molecule has 3 aromatic rings. The van der Waals surface area contributed by atoms with Crippen molar-refractivity contribution in [2.24, 2.45) is 0 Å². The van der Waals surface area contributed by atoms with Crippen LogP contribution in [-0.4, -0.2) is 58.9 Å². The first-order chi connectivity index (χ1) is 20.0. The van der Waals surface area contributed by atoms with Gasteiger partial charge >= 0.3 is 6.18 Å². The number of piperidine rings is 1. The molecular formula is C30H38F3N5O4S. The molecule has 0 spiro atoms. The van der Waals surface area contributed by atoms with E-state index < -0.39 is 39.0 Å². The van der Waals surface area contributed by atoms with Crippen molar-refractivity contribution in [2.75, 3.05) is 23.7 Å². The summed E-state index contributed by atoms with van der Waals surface area (Å²) < 4.78 is 69.5. The summed E-state index contributed by atoms with van der Waals surface area (Å²) in [5, 5.41) is 12.6. The monoisotopic (exact) mass is 621 g/mol. The average Bonchev–Trinajstić information content (AvgIpc) is 3.28. The van der Waals surface area contributed by atoms with Crippen molar-refractivity contribution in [3.05, 3.63) is 70.6 Å². The summed E-state index contributed by atoms with van der Waals surface area (Å²) in [7, 11) is -3.41. The van der Waals surface area contributed by atoms with Crippen LogP contribution in [0.1, 0.15) is 79.4 Å². The summed E-state index contributed by atoms with van der Waals surface area (Å²) in [4.78, 5) is 23.7. The molecule has 234 valence electrons. The lowest BCUT2D eigenvalue weighted by Crippen LogP contribution is -2.37. The molecule has 2 aromatic heterocycles. The number of aromatic nitrogens is 3. The van der Waals surface area contributed by atoms with Crippen LogP contribution in [0.3, 0.4) is 0 Å². The van der Waals surface area contributed by atoms with Gasteiger partial charge in [-0.25, -0.2) is 13.4 Å². The number of nitrogens with zero attached hydrogens (tertiary/aromatic N) is 4. The van der Waals surface area contributed by atoms with E-state index in [1.54, 1.807) is 22.5 Å². The van der Waals surface area contributed by atoms with Crippen molar-refractivity contribution < 1.29 is 31.5 Å². The maximum atomic E-state index is 14.6. The van der Waals surface area contributed by atoms with Crippen LogP contribution in [-0.2, 0) is 34.5 Å². The maximum absolute atomic E-state index is 14.6. The van der Waals surface area contributed by atoms with Gasteiger partial charge in [-0.3, -0.25) is 9.78 Å². The molecule has 13 heteroatoms. The Morgan fingerprint density at radius 1 is 1.12 bits per heavy atom. The number of anilines is 1. The molecule has 43 heavy (non-hydrogen) atoms. The zero-order chi connectivity index (χ0) is 31.7. The van der Waals surface area contributed by atoms with E-state index in [0.717, 1.165) is 0 Å². The number of hydrogen-bond acceptors (Lipinski definition) is 7. The predicted molar refractivity (Wildman–Crippen MR) is 157 cm³/mol. The minimum atomic E-state index is -4.63. The standard InChI is InChI=1S/C30H38F3N5O4S/c1-6-43(41,42)23-11-10-21(34-17-23)16-35-27(40)26-19(2)38(28(36-26)29(3,4)5)18-20-8-7-9-24(25(20)30(31,32)33)37-14-12-22(39)13-15-37/h7-11,17,22,39H,6,12-16,18H2,1-5H3,(H,35,40). The molecule has 1 aromatic carbocycles. The fourth-order valence-electron chi connectivity index (χ4n) is 5.22. The lowest BCUT2D eigenvalue weighted by Gasteiger charge is -2.34. The number of carbonyl (C=O) groups is 1. The third-order valence-corrected chi connectivity index (χ3v) is 9.34. The molecule has 0 radical (unpaired) electrons. The van der Waals surface area contributed by atoms with Crippen molar-refractivity contribution in [1.29, 1.82) is 0 Å². The second-order valence-electron chi connectivity index (χ2n) is 11.8. The number of rotatable bonds is 8. The van der Waals surface area contributed by atoms with Crippen LogP contribution in [0, 0.1) is 6.92 Å². The molecule has 2 N–H and O–H groups in total. The van der Waals surface area contributed by atoms with Gasteiger partial charge in [-0.15, -0.1) is 0 Å². The number of halogens is 3. The minimum Gasteiger partial charge on any atom is -0.393 e. The summed E-state index contributed by atoms with van der Waals surface area (Å²) in [5.74, 6) is -0.118. The van der Waals surface area contributed by atoms with Crippen LogP contribution in [0.4, 0.5) is 18.9 Å². The van der Waals surface area contributed by atoms with Gasteiger partial charge in [0.25, 0.3) is 5.91 Å². The number of pyridine rings is 1. The Labute approximate surface area is 250 Å². The Kier molecular flexibility index (Phi) is 9.27. The molecule has 9 nitrogen and oxygen atoms in total. The highest BCUT2D eigenvalue weighted by atomic mass is 32.2. The minimum absolute atomic E-state index is 0.00718. The molecule has 0 bridgehead atoms. The van der Waals surface area contributed by atoms with Gasteiger partial charge in [0, 0.05) is 42.6 Å². The van der Waals surface area contributed by atoms with Gasteiger partial charge in [0.05, 0.1) is 34.6 Å². The quantitative estimate of drug-likeness (QED) is 0.377. The van der Waals surface area contributed by atoms with E-state index in [4.69, 9.17) is 0 Å². The van der Waals surface area contributed by atoms with Crippen molar-refractivity contribution >= 4 is 21.4 Å². The number of hydrogen-bond donors (Lipinski definition) is 2. The van der Waals surface area contributed by atoms with Gasteiger partial charge in [-0.2, -0.15) is 13.2 Å². The molecule has 3 heterocycles. The summed E-state index contributed by atoms with van der Waals surface area (Å²) in [6.45, 7) is 9.33. The number of carbonyl (C=O) groups excluding carboxylic acids is 1. The molecule has 0 saturated carbocycles. The second-order valence-corrected chi connectivity index (χ2v) is 14.1. The molecule has 1 fully saturated rings. The van der Waals surface area contributed by atoms with Crippen LogP contribution in [0.5, 0.6) is 0 Å². The third-order valence-electron chi connectivity index (χ3n) is 7.62. The largest absolute Gasteiger partial charge is 0.418 e. The number of benzene rings is 1. The Bertz CT molecular complexity index is 1570. The fourth-order valence-corrected chi connectivity index (χ4v) is 6.04. The molecule has 0 unspecified atom stereocenters. The van der Waals surface area contributed by atoms with Gasteiger partial charge < -0.3 is 19.9 Å². The number of amides is 1. The molecule has 0 aliphatic carbocycles. The first kappa shape index (κ1) is 32.5. The number of alkyl halides is 3. The normalized spacial score (nSPS) is 15.1. The fraction of sp³-hybridized carbons (Fsp3) is 0.500. The molecular weight excluding hydrogens is 583 g/mol. The van der Waals surface area contributed by atoms with E-state index in [1.165, 1.54) is 37.4 Å².